The Balaban J connectivity index is 2.04. The van der Waals surface area contributed by atoms with Crippen molar-refractivity contribution in [3.05, 3.63) is 0 Å². The number of nitrogens with one attached hydrogen (secondary N) is 2. The molecule has 0 saturated heterocycles. The second-order valence-electron chi connectivity index (χ2n) is 3.25. The Labute approximate surface area is 92.3 Å². The average Bonchev–Trinajstić information content (AvgIpc) is 2.92. The first-order valence-electron chi connectivity index (χ1n) is 4.68. The third-order valence-electron chi connectivity index (χ3n) is 1.94. The van der Waals surface area contributed by atoms with E-state index in [-0.39, 0.29) is 11.2 Å². The van der Waals surface area contributed by atoms with Crippen LogP contribution in [-0.4, -0.2) is 34.6 Å². The highest BCUT2D eigenvalue weighted by molar-refractivity contribution is 7.99. The topological polar surface area (TPSA) is 87.7 Å². The summed E-state index contributed by atoms with van der Waals surface area (Å²) < 4.78 is 25.4. The Morgan fingerprint density at radius 3 is 2.93 bits per heavy atom. The first-order valence-corrected chi connectivity index (χ1v) is 7.22. The second kappa shape index (κ2) is 4.01. The molecule has 1 aliphatic rings. The van der Waals surface area contributed by atoms with E-state index in [0.29, 0.717) is 5.16 Å². The number of hydrogen-bond donors (Lipinski definition) is 2. The molecule has 0 aliphatic heterocycles. The molecule has 0 bridgehead atoms. The van der Waals surface area contributed by atoms with Crippen molar-refractivity contribution in [2.75, 3.05) is 10.5 Å². The maximum Gasteiger partial charge on any atom is 0.237 e. The smallest absolute Gasteiger partial charge is 0.237 e. The number of aromatic amines is 1. The summed E-state index contributed by atoms with van der Waals surface area (Å²) in [5.74, 6) is 1.06. The number of thioether (sulfide) groups is 1. The first-order chi connectivity index (χ1) is 7.12. The molecular weight excluding hydrogens is 236 g/mol. The van der Waals surface area contributed by atoms with Crippen LogP contribution >= 0.6 is 11.8 Å². The lowest BCUT2D eigenvalue weighted by Gasteiger charge is -2.01. The molecule has 2 N–H and O–H groups in total. The van der Waals surface area contributed by atoms with E-state index < -0.39 is 10.0 Å². The van der Waals surface area contributed by atoms with Crippen molar-refractivity contribution in [2.45, 2.75) is 30.2 Å². The predicted octanol–water partition coefficient (Wildman–Crippen LogP) is 0.821. The normalized spacial score (nSPS) is 16.6. The van der Waals surface area contributed by atoms with E-state index in [2.05, 4.69) is 19.9 Å². The number of nitrogens with zero attached hydrogens (tertiary/aromatic N) is 2. The van der Waals surface area contributed by atoms with Gasteiger partial charge in [0.25, 0.3) is 0 Å². The SMILES string of the molecule is CCSc1n[nH]c(NS(=O)(=O)C2CC2)n1. The van der Waals surface area contributed by atoms with Gasteiger partial charge in [0.05, 0.1) is 5.25 Å². The standard InChI is InChI=1S/C7H12N4O2S2/c1-2-14-7-8-6(9-10-7)11-15(12,13)5-3-4-5/h5H,2-4H2,1H3,(H2,8,9,10,11). The lowest BCUT2D eigenvalue weighted by molar-refractivity contribution is 0.599. The fourth-order valence-electron chi connectivity index (χ4n) is 1.08. The summed E-state index contributed by atoms with van der Waals surface area (Å²) in [4.78, 5) is 4.00. The Morgan fingerprint density at radius 2 is 2.33 bits per heavy atom. The van der Waals surface area contributed by atoms with Crippen LogP contribution in [0.15, 0.2) is 5.16 Å². The predicted molar refractivity (Wildman–Crippen MR) is 58.3 cm³/mol. The lowest BCUT2D eigenvalue weighted by atomic mass is 11.0. The van der Waals surface area contributed by atoms with Crippen LogP contribution in [0.1, 0.15) is 19.8 Å². The minimum Gasteiger partial charge on any atom is -0.251 e. The van der Waals surface area contributed by atoms with Crippen molar-refractivity contribution in [1.29, 1.82) is 0 Å². The number of rotatable bonds is 5. The minimum absolute atomic E-state index is 0.206. The molecule has 84 valence electrons. The molecule has 0 unspecified atom stereocenters. The molecular formula is C7H12N4O2S2. The molecule has 0 spiro atoms. The van der Waals surface area contributed by atoms with Gasteiger partial charge in [-0.1, -0.05) is 18.7 Å². The highest BCUT2D eigenvalue weighted by Gasteiger charge is 2.36. The van der Waals surface area contributed by atoms with E-state index in [4.69, 9.17) is 0 Å². The van der Waals surface area contributed by atoms with Crippen LogP contribution in [0.4, 0.5) is 5.95 Å². The van der Waals surface area contributed by atoms with Crippen molar-refractivity contribution in [2.24, 2.45) is 0 Å². The summed E-state index contributed by atoms with van der Waals surface area (Å²) in [6, 6.07) is 0. The Morgan fingerprint density at radius 1 is 1.60 bits per heavy atom. The number of sulfonamides is 1. The molecule has 1 aromatic rings. The van der Waals surface area contributed by atoms with Gasteiger partial charge in [-0.15, -0.1) is 5.10 Å². The number of aromatic nitrogens is 3. The molecule has 0 aromatic carbocycles. The number of hydrogen-bond acceptors (Lipinski definition) is 5. The van der Waals surface area contributed by atoms with Gasteiger partial charge in [0, 0.05) is 0 Å². The van der Waals surface area contributed by atoms with Crippen LogP contribution in [-0.2, 0) is 10.0 Å². The zero-order chi connectivity index (χ0) is 10.9. The van der Waals surface area contributed by atoms with Crippen LogP contribution < -0.4 is 4.72 Å². The number of anilines is 1. The van der Waals surface area contributed by atoms with E-state index >= 15 is 0 Å². The van der Waals surface area contributed by atoms with E-state index in [9.17, 15) is 8.42 Å². The van der Waals surface area contributed by atoms with Crippen LogP contribution in [0.5, 0.6) is 0 Å². The third kappa shape index (κ3) is 2.63. The van der Waals surface area contributed by atoms with Crippen molar-refractivity contribution in [3.8, 4) is 0 Å². The molecule has 1 aromatic heterocycles. The van der Waals surface area contributed by atoms with Crippen molar-refractivity contribution >= 4 is 27.7 Å². The molecule has 1 fully saturated rings. The fourth-order valence-corrected chi connectivity index (χ4v) is 2.89. The van der Waals surface area contributed by atoms with E-state index in [1.54, 1.807) is 0 Å². The molecule has 6 nitrogen and oxygen atoms in total. The van der Waals surface area contributed by atoms with Gasteiger partial charge in [-0.25, -0.2) is 13.5 Å². The summed E-state index contributed by atoms with van der Waals surface area (Å²) in [6.45, 7) is 1.98. The van der Waals surface area contributed by atoms with Gasteiger partial charge in [0.15, 0.2) is 0 Å². The average molecular weight is 248 g/mol. The molecule has 0 atom stereocenters. The maximum absolute atomic E-state index is 11.5. The highest BCUT2D eigenvalue weighted by Crippen LogP contribution is 2.29. The Kier molecular flexibility index (Phi) is 2.87. The number of H-pyrrole nitrogens is 1. The van der Waals surface area contributed by atoms with E-state index in [1.807, 2.05) is 6.92 Å². The van der Waals surface area contributed by atoms with Crippen molar-refractivity contribution < 1.29 is 8.42 Å². The summed E-state index contributed by atoms with van der Waals surface area (Å²) >= 11 is 1.46. The van der Waals surface area contributed by atoms with Crippen molar-refractivity contribution in [1.82, 2.24) is 15.2 Å². The molecule has 15 heavy (non-hydrogen) atoms. The van der Waals surface area contributed by atoms with Crippen LogP contribution in [0.25, 0.3) is 0 Å². The fraction of sp³-hybridized carbons (Fsp3) is 0.714. The lowest BCUT2D eigenvalue weighted by Crippen LogP contribution is -2.18. The van der Waals surface area contributed by atoms with Gasteiger partial charge >= 0.3 is 0 Å². The minimum atomic E-state index is -3.23. The van der Waals surface area contributed by atoms with E-state index in [0.717, 1.165) is 18.6 Å². The maximum atomic E-state index is 11.5. The summed E-state index contributed by atoms with van der Waals surface area (Å²) in [6.07, 6.45) is 1.47. The van der Waals surface area contributed by atoms with Crippen molar-refractivity contribution in [3.63, 3.8) is 0 Å². The summed E-state index contributed by atoms with van der Waals surface area (Å²) in [5.41, 5.74) is 0. The largest absolute Gasteiger partial charge is 0.251 e. The monoisotopic (exact) mass is 248 g/mol. The zero-order valence-electron chi connectivity index (χ0n) is 8.23. The Bertz CT molecular complexity index is 438. The van der Waals surface area contributed by atoms with Gasteiger partial charge < -0.3 is 0 Å². The summed E-state index contributed by atoms with van der Waals surface area (Å²) in [5, 5.41) is 6.74. The quantitative estimate of drug-likeness (QED) is 0.753. The molecule has 1 aliphatic carbocycles. The van der Waals surface area contributed by atoms with E-state index in [1.165, 1.54) is 11.8 Å². The molecule has 1 saturated carbocycles. The van der Waals surface area contributed by atoms with Gasteiger partial charge in [-0.2, -0.15) is 4.98 Å². The molecule has 1 heterocycles. The zero-order valence-corrected chi connectivity index (χ0v) is 9.86. The molecule has 0 radical (unpaired) electrons. The van der Waals surface area contributed by atoms with Gasteiger partial charge in [0.2, 0.25) is 21.1 Å². The molecule has 2 rings (SSSR count). The first kappa shape index (κ1) is 10.7. The molecule has 8 heteroatoms. The van der Waals surface area contributed by atoms with Crippen LogP contribution in [0, 0.1) is 0 Å². The van der Waals surface area contributed by atoms with Crippen LogP contribution in [0.2, 0.25) is 0 Å². The van der Waals surface area contributed by atoms with Gasteiger partial charge in [0.1, 0.15) is 0 Å². The highest BCUT2D eigenvalue weighted by atomic mass is 32.2. The van der Waals surface area contributed by atoms with Gasteiger partial charge in [-0.3, -0.25) is 4.72 Å². The third-order valence-corrected chi connectivity index (χ3v) is 4.50. The van der Waals surface area contributed by atoms with Gasteiger partial charge in [-0.05, 0) is 18.6 Å². The molecule has 0 amide bonds. The Hall–Kier alpha value is -0.760. The second-order valence-corrected chi connectivity index (χ2v) is 6.44. The van der Waals surface area contributed by atoms with Crippen LogP contribution in [0.3, 0.4) is 0 Å². The summed E-state index contributed by atoms with van der Waals surface area (Å²) in [7, 11) is -3.23.